The Hall–Kier alpha value is -2.76. The highest BCUT2D eigenvalue weighted by atomic mass is 32.1. The molecule has 5 rings (SSSR count). The molecule has 3 aromatic rings. The fourth-order valence-electron chi connectivity index (χ4n) is 4.87. The highest BCUT2D eigenvalue weighted by Gasteiger charge is 2.35. The zero-order valence-corrected chi connectivity index (χ0v) is 22.0. The standard InChI is InChI=1S/C29H31NO4PS/c31-26(29-13-7-20-36-29)21-30(15-17-33-18-16-30)14-8-19-35(32)22-27(24-9-3-1-4-10-24)34-28(23-35)25-11-5-2-6-12-25/h1-7,9-13,20,22-23H,8,14-19,21H2/q+1. The van der Waals surface area contributed by atoms with Crippen molar-refractivity contribution in [2.75, 3.05) is 45.6 Å². The molecule has 0 atom stereocenters. The molecule has 5 nitrogen and oxygen atoms in total. The Kier molecular flexibility index (Phi) is 7.68. The van der Waals surface area contributed by atoms with Gasteiger partial charge in [-0.05, 0) is 11.4 Å². The fourth-order valence-corrected chi connectivity index (χ4v) is 7.69. The van der Waals surface area contributed by atoms with Crippen LogP contribution in [0.3, 0.4) is 0 Å². The molecular formula is C29H31NO4PS+. The predicted octanol–water partition coefficient (Wildman–Crippen LogP) is 6.56. The summed E-state index contributed by atoms with van der Waals surface area (Å²) in [6.07, 6.45) is 1.29. The second-order valence-electron chi connectivity index (χ2n) is 9.44. The molecule has 1 saturated heterocycles. The van der Waals surface area contributed by atoms with Gasteiger partial charge in [0, 0.05) is 35.3 Å². The van der Waals surface area contributed by atoms with Crippen LogP contribution in [0.15, 0.2) is 89.8 Å². The molecule has 7 heteroatoms. The number of ketones is 1. The number of hydrogen-bond donors (Lipinski definition) is 0. The summed E-state index contributed by atoms with van der Waals surface area (Å²) in [6, 6.07) is 23.5. The summed E-state index contributed by atoms with van der Waals surface area (Å²) in [6.45, 7) is 4.18. The van der Waals surface area contributed by atoms with E-state index >= 15 is 0 Å². The number of ether oxygens (including phenoxy) is 2. The molecule has 0 saturated carbocycles. The van der Waals surface area contributed by atoms with E-state index in [-0.39, 0.29) is 5.78 Å². The zero-order chi connectivity index (χ0) is 24.8. The third kappa shape index (κ3) is 5.96. The quantitative estimate of drug-likeness (QED) is 0.182. The first kappa shape index (κ1) is 24.9. The van der Waals surface area contributed by atoms with E-state index in [0.717, 1.165) is 42.1 Å². The van der Waals surface area contributed by atoms with Crippen LogP contribution in [0.1, 0.15) is 27.2 Å². The number of hydrogen-bond acceptors (Lipinski definition) is 5. The van der Waals surface area contributed by atoms with Crippen molar-refractivity contribution in [1.29, 1.82) is 0 Å². The van der Waals surface area contributed by atoms with Crippen molar-refractivity contribution in [3.05, 3.63) is 106 Å². The second kappa shape index (κ2) is 11.1. The van der Waals surface area contributed by atoms with Crippen molar-refractivity contribution in [3.63, 3.8) is 0 Å². The molecule has 1 fully saturated rings. The Labute approximate surface area is 216 Å². The monoisotopic (exact) mass is 520 g/mol. The van der Waals surface area contributed by atoms with Gasteiger partial charge in [0.15, 0.2) is 0 Å². The molecule has 2 aliphatic heterocycles. The van der Waals surface area contributed by atoms with Crippen LogP contribution >= 0.6 is 18.5 Å². The minimum Gasteiger partial charge on any atom is -0.456 e. The van der Waals surface area contributed by atoms with Crippen LogP contribution in [0.5, 0.6) is 0 Å². The van der Waals surface area contributed by atoms with Crippen LogP contribution < -0.4 is 0 Å². The maximum absolute atomic E-state index is 14.2. The lowest BCUT2D eigenvalue weighted by Gasteiger charge is -2.41. The third-order valence-corrected chi connectivity index (χ3v) is 10.1. The van der Waals surface area contributed by atoms with E-state index in [1.807, 2.05) is 89.8 Å². The average molecular weight is 521 g/mol. The number of rotatable bonds is 9. The minimum absolute atomic E-state index is 0.183. The van der Waals surface area contributed by atoms with Gasteiger partial charge in [-0.1, -0.05) is 66.7 Å². The van der Waals surface area contributed by atoms with Crippen molar-refractivity contribution in [1.82, 2.24) is 0 Å². The largest absolute Gasteiger partial charge is 0.456 e. The number of thiophene rings is 1. The van der Waals surface area contributed by atoms with E-state index in [1.165, 1.54) is 11.3 Å². The molecule has 3 heterocycles. The van der Waals surface area contributed by atoms with E-state index in [1.54, 1.807) is 0 Å². The van der Waals surface area contributed by atoms with Crippen LogP contribution in [-0.2, 0) is 14.0 Å². The van der Waals surface area contributed by atoms with Gasteiger partial charge in [0.05, 0.1) is 24.6 Å². The van der Waals surface area contributed by atoms with Crippen LogP contribution in [0, 0.1) is 0 Å². The molecule has 2 aromatic carbocycles. The van der Waals surface area contributed by atoms with E-state index in [4.69, 9.17) is 9.47 Å². The van der Waals surface area contributed by atoms with Crippen molar-refractivity contribution in [2.24, 2.45) is 0 Å². The van der Waals surface area contributed by atoms with Gasteiger partial charge in [0.25, 0.3) is 0 Å². The molecule has 186 valence electrons. The van der Waals surface area contributed by atoms with Crippen molar-refractivity contribution >= 4 is 35.8 Å². The van der Waals surface area contributed by atoms with Crippen LogP contribution in [0.4, 0.5) is 0 Å². The topological polar surface area (TPSA) is 52.6 Å². The molecule has 0 N–H and O–H groups in total. The lowest BCUT2D eigenvalue weighted by Crippen LogP contribution is -2.57. The number of morpholine rings is 1. The first-order valence-electron chi connectivity index (χ1n) is 12.4. The van der Waals surface area contributed by atoms with E-state index in [0.29, 0.717) is 41.9 Å². The number of Topliss-reactive ketones (excluding diaryl/α,β-unsaturated/α-hetero) is 1. The smallest absolute Gasteiger partial charge is 0.226 e. The summed E-state index contributed by atoms with van der Waals surface area (Å²) in [5, 5.41) is 1.95. The fraction of sp³-hybridized carbons (Fsp3) is 0.276. The summed E-state index contributed by atoms with van der Waals surface area (Å²) in [5.74, 6) is 5.12. The highest BCUT2D eigenvalue weighted by Crippen LogP contribution is 2.57. The molecule has 0 aliphatic carbocycles. The zero-order valence-electron chi connectivity index (χ0n) is 20.3. The normalized spacial score (nSPS) is 18.6. The minimum atomic E-state index is -2.81. The van der Waals surface area contributed by atoms with Crippen molar-refractivity contribution in [3.8, 4) is 0 Å². The van der Waals surface area contributed by atoms with E-state index in [2.05, 4.69) is 0 Å². The molecule has 0 amide bonds. The SMILES string of the molecule is O=C(C[N+]1(CCCP2(=O)C=C(c3ccccc3)OC(c3ccccc3)=C2)CCOCC1)c1cccs1. The lowest BCUT2D eigenvalue weighted by atomic mass is 10.2. The van der Waals surface area contributed by atoms with Gasteiger partial charge in [0.1, 0.15) is 38.3 Å². The first-order chi connectivity index (χ1) is 17.5. The maximum atomic E-state index is 14.2. The molecule has 2 aliphatic rings. The number of carbonyl (C=O) groups excluding carboxylic acids is 1. The Balaban J connectivity index is 1.36. The van der Waals surface area contributed by atoms with Gasteiger partial charge >= 0.3 is 0 Å². The number of carbonyl (C=O) groups is 1. The highest BCUT2D eigenvalue weighted by molar-refractivity contribution is 7.70. The number of quaternary nitrogens is 1. The molecular weight excluding hydrogens is 489 g/mol. The van der Waals surface area contributed by atoms with Crippen LogP contribution in [-0.4, -0.2) is 55.8 Å². The average Bonchev–Trinajstić information content (AvgIpc) is 3.45. The Morgan fingerprint density at radius 2 is 1.47 bits per heavy atom. The third-order valence-electron chi connectivity index (χ3n) is 6.84. The molecule has 0 spiro atoms. The number of nitrogens with zero attached hydrogens (tertiary/aromatic N) is 1. The van der Waals surface area contributed by atoms with E-state index in [9.17, 15) is 9.36 Å². The maximum Gasteiger partial charge on any atom is 0.226 e. The molecule has 0 radical (unpaired) electrons. The number of benzene rings is 2. The van der Waals surface area contributed by atoms with Gasteiger partial charge in [-0.15, -0.1) is 11.3 Å². The van der Waals surface area contributed by atoms with Crippen LogP contribution in [0.2, 0.25) is 0 Å². The van der Waals surface area contributed by atoms with Gasteiger partial charge in [-0.25, -0.2) is 0 Å². The van der Waals surface area contributed by atoms with Crippen LogP contribution in [0.25, 0.3) is 11.5 Å². The second-order valence-corrected chi connectivity index (χ2v) is 13.1. The molecule has 0 bridgehead atoms. The molecule has 0 unspecified atom stereocenters. The summed E-state index contributed by atoms with van der Waals surface area (Å²) in [7, 11) is -2.81. The Bertz CT molecular complexity index is 1220. The van der Waals surface area contributed by atoms with Gasteiger partial charge in [-0.3, -0.25) is 4.79 Å². The summed E-state index contributed by atoms with van der Waals surface area (Å²) in [4.78, 5) is 13.8. The lowest BCUT2D eigenvalue weighted by molar-refractivity contribution is -0.927. The molecule has 1 aromatic heterocycles. The van der Waals surface area contributed by atoms with E-state index < -0.39 is 7.14 Å². The summed E-state index contributed by atoms with van der Waals surface area (Å²) < 4.78 is 26.8. The Morgan fingerprint density at radius 1 is 0.861 bits per heavy atom. The van der Waals surface area contributed by atoms with Crippen molar-refractivity contribution in [2.45, 2.75) is 6.42 Å². The van der Waals surface area contributed by atoms with Crippen molar-refractivity contribution < 1.29 is 23.3 Å². The Morgan fingerprint density at radius 3 is 2.03 bits per heavy atom. The predicted molar refractivity (Wildman–Crippen MR) is 146 cm³/mol. The van der Waals surface area contributed by atoms with Gasteiger partial charge in [0.2, 0.25) is 5.78 Å². The first-order valence-corrected chi connectivity index (χ1v) is 15.3. The van der Waals surface area contributed by atoms with Gasteiger partial charge in [-0.2, -0.15) is 0 Å². The molecule has 36 heavy (non-hydrogen) atoms. The summed E-state index contributed by atoms with van der Waals surface area (Å²) >= 11 is 1.50. The summed E-state index contributed by atoms with van der Waals surface area (Å²) in [5.41, 5.74) is 1.83. The van der Waals surface area contributed by atoms with Gasteiger partial charge < -0.3 is 18.5 Å².